The van der Waals surface area contributed by atoms with Crippen LogP contribution >= 0.6 is 0 Å². The fourth-order valence-electron chi connectivity index (χ4n) is 3.53. The van der Waals surface area contributed by atoms with Crippen LogP contribution in [-0.4, -0.2) is 19.7 Å². The normalized spacial score (nSPS) is 14.9. The minimum absolute atomic E-state index is 0.559. The highest BCUT2D eigenvalue weighted by molar-refractivity contribution is 7.92. The van der Waals surface area contributed by atoms with Gasteiger partial charge in [0.05, 0.1) is 6.26 Å². The Morgan fingerprint density at radius 3 is 2.59 bits per heavy atom. The fourth-order valence-corrected chi connectivity index (χ4v) is 4.09. The molecule has 0 spiro atoms. The van der Waals surface area contributed by atoms with Crippen LogP contribution in [0.2, 0.25) is 0 Å². The zero-order chi connectivity index (χ0) is 18.9. The molecule has 1 heterocycles. The third-order valence-corrected chi connectivity index (χ3v) is 5.27. The van der Waals surface area contributed by atoms with Gasteiger partial charge < -0.3 is 0 Å². The van der Waals surface area contributed by atoms with Crippen LogP contribution in [0.15, 0.2) is 67.0 Å². The second kappa shape index (κ2) is 7.00. The van der Waals surface area contributed by atoms with Crippen molar-refractivity contribution in [1.29, 1.82) is 0 Å². The van der Waals surface area contributed by atoms with Crippen molar-refractivity contribution in [3.05, 3.63) is 94.8 Å². The SMILES string of the molecule is CS(=O)(=O)Nc1cccc(/C=C2/c3ccccc3CCc3cnccc32)c1. The van der Waals surface area contributed by atoms with Gasteiger partial charge in [0.25, 0.3) is 0 Å². The first-order valence-corrected chi connectivity index (χ1v) is 10.7. The Balaban J connectivity index is 1.87. The van der Waals surface area contributed by atoms with Crippen molar-refractivity contribution in [3.63, 3.8) is 0 Å². The van der Waals surface area contributed by atoms with Crippen molar-refractivity contribution in [2.24, 2.45) is 0 Å². The van der Waals surface area contributed by atoms with Gasteiger partial charge in [0.15, 0.2) is 0 Å². The molecular weight excluding hydrogens is 356 g/mol. The number of hydrogen-bond acceptors (Lipinski definition) is 3. The van der Waals surface area contributed by atoms with Crippen molar-refractivity contribution >= 4 is 27.4 Å². The second-order valence-electron chi connectivity index (χ2n) is 6.75. The molecule has 0 fully saturated rings. The molecule has 1 aromatic heterocycles. The van der Waals surface area contributed by atoms with Gasteiger partial charge in [-0.3, -0.25) is 9.71 Å². The predicted molar refractivity (Wildman–Crippen MR) is 110 cm³/mol. The smallest absolute Gasteiger partial charge is 0.229 e. The van der Waals surface area contributed by atoms with Crippen molar-refractivity contribution in [2.45, 2.75) is 12.8 Å². The number of hydrogen-bond donors (Lipinski definition) is 1. The molecule has 2 aromatic carbocycles. The quantitative estimate of drug-likeness (QED) is 0.747. The van der Waals surface area contributed by atoms with Crippen LogP contribution in [0, 0.1) is 0 Å². The molecule has 136 valence electrons. The van der Waals surface area contributed by atoms with Gasteiger partial charge in [-0.1, -0.05) is 36.4 Å². The molecule has 1 N–H and O–H groups in total. The number of sulfonamides is 1. The number of anilines is 1. The van der Waals surface area contributed by atoms with Gasteiger partial charge in [-0.05, 0) is 70.5 Å². The number of benzene rings is 2. The number of nitrogens with zero attached hydrogens (tertiary/aromatic N) is 1. The third-order valence-electron chi connectivity index (χ3n) is 4.67. The maximum atomic E-state index is 11.5. The molecule has 0 aliphatic heterocycles. The molecule has 0 unspecified atom stereocenters. The molecule has 1 aliphatic rings. The molecule has 27 heavy (non-hydrogen) atoms. The van der Waals surface area contributed by atoms with Gasteiger partial charge in [0, 0.05) is 18.1 Å². The Labute approximate surface area is 159 Å². The second-order valence-corrected chi connectivity index (χ2v) is 8.50. The molecule has 1 aliphatic carbocycles. The summed E-state index contributed by atoms with van der Waals surface area (Å²) in [6.45, 7) is 0. The van der Waals surface area contributed by atoms with Crippen molar-refractivity contribution in [3.8, 4) is 0 Å². The van der Waals surface area contributed by atoms with Crippen LogP contribution in [0.5, 0.6) is 0 Å². The Morgan fingerprint density at radius 1 is 0.963 bits per heavy atom. The molecule has 3 aromatic rings. The minimum Gasteiger partial charge on any atom is -0.284 e. The Bertz CT molecular complexity index is 1080. The maximum absolute atomic E-state index is 11.5. The number of aromatic nitrogens is 1. The van der Waals surface area contributed by atoms with E-state index in [4.69, 9.17) is 0 Å². The number of fused-ring (bicyclic) bond motifs is 2. The summed E-state index contributed by atoms with van der Waals surface area (Å²) in [5.74, 6) is 0. The molecule has 0 bridgehead atoms. The van der Waals surface area contributed by atoms with E-state index in [9.17, 15) is 8.42 Å². The van der Waals surface area contributed by atoms with E-state index < -0.39 is 10.0 Å². The molecule has 0 amide bonds. The van der Waals surface area contributed by atoms with E-state index in [0.29, 0.717) is 5.69 Å². The van der Waals surface area contributed by atoms with E-state index in [1.165, 1.54) is 22.3 Å². The average molecular weight is 376 g/mol. The van der Waals surface area contributed by atoms with Gasteiger partial charge in [-0.25, -0.2) is 8.42 Å². The highest BCUT2D eigenvalue weighted by Gasteiger charge is 2.17. The Morgan fingerprint density at radius 2 is 1.74 bits per heavy atom. The lowest BCUT2D eigenvalue weighted by Crippen LogP contribution is -2.09. The zero-order valence-electron chi connectivity index (χ0n) is 15.0. The summed E-state index contributed by atoms with van der Waals surface area (Å²) in [4.78, 5) is 4.29. The van der Waals surface area contributed by atoms with Crippen LogP contribution in [0.1, 0.15) is 27.8 Å². The lowest BCUT2D eigenvalue weighted by molar-refractivity contribution is 0.607. The highest BCUT2D eigenvalue weighted by atomic mass is 32.2. The van der Waals surface area contributed by atoms with E-state index in [1.807, 2.05) is 30.6 Å². The summed E-state index contributed by atoms with van der Waals surface area (Å²) >= 11 is 0. The zero-order valence-corrected chi connectivity index (χ0v) is 15.8. The van der Waals surface area contributed by atoms with E-state index in [2.05, 4.69) is 46.1 Å². The predicted octanol–water partition coefficient (Wildman–Crippen LogP) is 4.14. The number of aryl methyl sites for hydroxylation is 2. The van der Waals surface area contributed by atoms with Crippen LogP contribution in [-0.2, 0) is 22.9 Å². The molecule has 0 atom stereocenters. The molecule has 5 heteroatoms. The van der Waals surface area contributed by atoms with Gasteiger partial charge in [0.1, 0.15) is 0 Å². The molecule has 0 saturated carbocycles. The fraction of sp³-hybridized carbons (Fsp3) is 0.136. The summed E-state index contributed by atoms with van der Waals surface area (Å²) < 4.78 is 25.6. The summed E-state index contributed by atoms with van der Waals surface area (Å²) in [7, 11) is -3.31. The van der Waals surface area contributed by atoms with E-state index in [0.717, 1.165) is 30.2 Å². The van der Waals surface area contributed by atoms with E-state index >= 15 is 0 Å². The molecular formula is C22H20N2O2S. The maximum Gasteiger partial charge on any atom is 0.229 e. The first kappa shape index (κ1) is 17.5. The van der Waals surface area contributed by atoms with Crippen LogP contribution in [0.25, 0.3) is 11.6 Å². The molecule has 4 nitrogen and oxygen atoms in total. The van der Waals surface area contributed by atoms with Crippen LogP contribution in [0.4, 0.5) is 5.69 Å². The summed E-state index contributed by atoms with van der Waals surface area (Å²) in [5, 5.41) is 0. The van der Waals surface area contributed by atoms with Crippen molar-refractivity contribution < 1.29 is 8.42 Å². The highest BCUT2D eigenvalue weighted by Crippen LogP contribution is 2.34. The number of pyridine rings is 1. The average Bonchev–Trinajstić information content (AvgIpc) is 2.79. The molecule has 4 rings (SSSR count). The van der Waals surface area contributed by atoms with E-state index in [1.54, 1.807) is 6.07 Å². The summed E-state index contributed by atoms with van der Waals surface area (Å²) in [6.07, 6.45) is 8.97. The minimum atomic E-state index is -3.31. The summed E-state index contributed by atoms with van der Waals surface area (Å²) in [6, 6.07) is 17.9. The van der Waals surface area contributed by atoms with E-state index in [-0.39, 0.29) is 0 Å². The largest absolute Gasteiger partial charge is 0.284 e. The first-order chi connectivity index (χ1) is 13.0. The Hall–Kier alpha value is -2.92. The topological polar surface area (TPSA) is 59.1 Å². The van der Waals surface area contributed by atoms with Crippen molar-refractivity contribution in [2.75, 3.05) is 11.0 Å². The van der Waals surface area contributed by atoms with Gasteiger partial charge in [0.2, 0.25) is 10.0 Å². The van der Waals surface area contributed by atoms with Crippen LogP contribution < -0.4 is 4.72 Å². The standard InChI is InChI=1S/C22H20N2O2S/c1-27(25,26)24-19-7-4-5-16(13-19)14-22-20-8-3-2-6-17(20)9-10-18-15-23-12-11-21(18)22/h2-8,11-15,24H,9-10H2,1H3/b22-14-. The third kappa shape index (κ3) is 3.93. The molecule has 0 saturated heterocycles. The van der Waals surface area contributed by atoms with Gasteiger partial charge in [-0.15, -0.1) is 0 Å². The van der Waals surface area contributed by atoms with Crippen molar-refractivity contribution in [1.82, 2.24) is 4.98 Å². The first-order valence-electron chi connectivity index (χ1n) is 8.81. The monoisotopic (exact) mass is 376 g/mol. The van der Waals surface area contributed by atoms with Crippen LogP contribution in [0.3, 0.4) is 0 Å². The number of rotatable bonds is 3. The number of nitrogens with one attached hydrogen (secondary N) is 1. The summed E-state index contributed by atoms with van der Waals surface area (Å²) in [5.41, 5.74) is 7.56. The van der Waals surface area contributed by atoms with Gasteiger partial charge in [-0.2, -0.15) is 0 Å². The lowest BCUT2D eigenvalue weighted by atomic mass is 9.93. The lowest BCUT2D eigenvalue weighted by Gasteiger charge is -2.12. The Kier molecular flexibility index (Phi) is 4.54. The van der Waals surface area contributed by atoms with Gasteiger partial charge >= 0.3 is 0 Å². The molecule has 0 radical (unpaired) electrons.